The highest BCUT2D eigenvalue weighted by atomic mass is 16.6. The standard InChI is InChI=1S/C16H19N3O6/c1-10-2-3-12(8-13(10)19(23)24)16(22)25-9-14(20)18-6-4-11(5-7-18)15(17)21/h2-3,8,11H,4-7,9H2,1H3,(H2,17,21). The number of carbonyl (C=O) groups excluding carboxylic acids is 3. The highest BCUT2D eigenvalue weighted by Gasteiger charge is 2.26. The molecule has 0 atom stereocenters. The van der Waals surface area contributed by atoms with Gasteiger partial charge in [-0.15, -0.1) is 0 Å². The van der Waals surface area contributed by atoms with Gasteiger partial charge >= 0.3 is 5.97 Å². The Morgan fingerprint density at radius 3 is 2.52 bits per heavy atom. The molecule has 1 heterocycles. The van der Waals surface area contributed by atoms with Crippen molar-refractivity contribution in [1.29, 1.82) is 0 Å². The smallest absolute Gasteiger partial charge is 0.338 e. The van der Waals surface area contributed by atoms with Crippen LogP contribution in [0.1, 0.15) is 28.8 Å². The maximum Gasteiger partial charge on any atom is 0.338 e. The molecule has 0 bridgehead atoms. The summed E-state index contributed by atoms with van der Waals surface area (Å²) in [6.07, 6.45) is 0.971. The lowest BCUT2D eigenvalue weighted by Gasteiger charge is -2.30. The third kappa shape index (κ3) is 4.52. The summed E-state index contributed by atoms with van der Waals surface area (Å²) in [4.78, 5) is 47.0. The summed E-state index contributed by atoms with van der Waals surface area (Å²) in [7, 11) is 0. The van der Waals surface area contributed by atoms with E-state index in [9.17, 15) is 24.5 Å². The van der Waals surface area contributed by atoms with E-state index in [0.29, 0.717) is 31.5 Å². The van der Waals surface area contributed by atoms with E-state index in [0.717, 1.165) is 6.07 Å². The van der Waals surface area contributed by atoms with E-state index < -0.39 is 17.5 Å². The molecule has 1 saturated heterocycles. The highest BCUT2D eigenvalue weighted by molar-refractivity contribution is 5.92. The fourth-order valence-electron chi connectivity index (χ4n) is 2.65. The van der Waals surface area contributed by atoms with E-state index in [2.05, 4.69) is 0 Å². The Labute approximate surface area is 143 Å². The molecule has 1 aromatic rings. The number of nitro groups is 1. The molecule has 0 aliphatic carbocycles. The number of likely N-dealkylation sites (tertiary alicyclic amines) is 1. The second kappa shape index (κ2) is 7.73. The van der Waals surface area contributed by atoms with E-state index in [-0.39, 0.29) is 29.0 Å². The van der Waals surface area contributed by atoms with Crippen molar-refractivity contribution in [3.05, 3.63) is 39.4 Å². The van der Waals surface area contributed by atoms with Crippen LogP contribution in [0.15, 0.2) is 18.2 Å². The van der Waals surface area contributed by atoms with Crippen molar-refractivity contribution >= 4 is 23.5 Å². The third-order valence-corrected chi connectivity index (χ3v) is 4.22. The molecule has 1 aromatic carbocycles. The van der Waals surface area contributed by atoms with E-state index in [1.807, 2.05) is 0 Å². The summed E-state index contributed by atoms with van der Waals surface area (Å²) in [5, 5.41) is 10.9. The van der Waals surface area contributed by atoms with Crippen LogP contribution >= 0.6 is 0 Å². The summed E-state index contributed by atoms with van der Waals surface area (Å²) < 4.78 is 4.95. The van der Waals surface area contributed by atoms with Crippen LogP contribution < -0.4 is 5.73 Å². The van der Waals surface area contributed by atoms with Crippen LogP contribution in [0.2, 0.25) is 0 Å². The molecule has 134 valence electrons. The number of nitrogens with zero attached hydrogens (tertiary/aromatic N) is 2. The Bertz CT molecular complexity index is 710. The van der Waals surface area contributed by atoms with Crippen LogP contribution in [0.3, 0.4) is 0 Å². The Hall–Kier alpha value is -2.97. The lowest BCUT2D eigenvalue weighted by Crippen LogP contribution is -2.43. The van der Waals surface area contributed by atoms with Gasteiger partial charge in [0.1, 0.15) is 0 Å². The van der Waals surface area contributed by atoms with Crippen molar-refractivity contribution in [2.45, 2.75) is 19.8 Å². The number of nitro benzene ring substituents is 1. The van der Waals surface area contributed by atoms with Gasteiger partial charge in [0, 0.05) is 30.6 Å². The summed E-state index contributed by atoms with van der Waals surface area (Å²) in [6, 6.07) is 3.99. The van der Waals surface area contributed by atoms with Crippen LogP contribution in [0.5, 0.6) is 0 Å². The minimum atomic E-state index is -0.802. The average Bonchev–Trinajstić information content (AvgIpc) is 2.59. The van der Waals surface area contributed by atoms with Crippen molar-refractivity contribution in [1.82, 2.24) is 4.90 Å². The maximum atomic E-state index is 12.1. The first-order valence-corrected chi connectivity index (χ1v) is 7.79. The molecule has 1 aliphatic heterocycles. The number of nitrogens with two attached hydrogens (primary N) is 1. The lowest BCUT2D eigenvalue weighted by molar-refractivity contribution is -0.385. The lowest BCUT2D eigenvalue weighted by atomic mass is 9.96. The van der Waals surface area contributed by atoms with Gasteiger partial charge in [0.2, 0.25) is 5.91 Å². The number of primary amides is 1. The zero-order valence-corrected chi connectivity index (χ0v) is 13.8. The molecule has 0 spiro atoms. The number of hydrogen-bond donors (Lipinski definition) is 1. The average molecular weight is 349 g/mol. The predicted molar refractivity (Wildman–Crippen MR) is 86.6 cm³/mol. The summed E-state index contributed by atoms with van der Waals surface area (Å²) in [5.74, 6) is -1.79. The van der Waals surface area contributed by atoms with Crippen LogP contribution in [0, 0.1) is 23.0 Å². The number of aryl methyl sites for hydroxylation is 1. The van der Waals surface area contributed by atoms with Crippen LogP contribution in [0.4, 0.5) is 5.69 Å². The van der Waals surface area contributed by atoms with E-state index in [1.54, 1.807) is 6.92 Å². The molecule has 0 radical (unpaired) electrons. The highest BCUT2D eigenvalue weighted by Crippen LogP contribution is 2.20. The van der Waals surface area contributed by atoms with Crippen LogP contribution in [0.25, 0.3) is 0 Å². The molecule has 9 heteroatoms. The number of esters is 1. The van der Waals surface area contributed by atoms with Gasteiger partial charge in [-0.2, -0.15) is 0 Å². The first-order chi connectivity index (χ1) is 11.8. The van der Waals surface area contributed by atoms with Gasteiger partial charge in [0.25, 0.3) is 11.6 Å². The van der Waals surface area contributed by atoms with Crippen molar-refractivity contribution < 1.29 is 24.0 Å². The fraction of sp³-hybridized carbons (Fsp3) is 0.438. The number of hydrogen-bond acceptors (Lipinski definition) is 6. The van der Waals surface area contributed by atoms with Gasteiger partial charge in [-0.25, -0.2) is 4.79 Å². The molecule has 9 nitrogen and oxygen atoms in total. The molecule has 1 aliphatic rings. The largest absolute Gasteiger partial charge is 0.452 e. The van der Waals surface area contributed by atoms with E-state index in [1.165, 1.54) is 17.0 Å². The van der Waals surface area contributed by atoms with Crippen molar-refractivity contribution in [3.8, 4) is 0 Å². The fourth-order valence-corrected chi connectivity index (χ4v) is 2.65. The van der Waals surface area contributed by atoms with Crippen molar-refractivity contribution in [2.75, 3.05) is 19.7 Å². The van der Waals surface area contributed by atoms with Gasteiger partial charge in [-0.3, -0.25) is 19.7 Å². The summed E-state index contributed by atoms with van der Waals surface area (Å²) >= 11 is 0. The molecule has 0 saturated carbocycles. The number of amides is 2. The second-order valence-electron chi connectivity index (χ2n) is 5.89. The second-order valence-corrected chi connectivity index (χ2v) is 5.89. The van der Waals surface area contributed by atoms with Crippen LogP contribution in [-0.2, 0) is 14.3 Å². The first kappa shape index (κ1) is 18.4. The Morgan fingerprint density at radius 1 is 1.32 bits per heavy atom. The SMILES string of the molecule is Cc1ccc(C(=O)OCC(=O)N2CCC(C(N)=O)CC2)cc1[N+](=O)[O-]. The Kier molecular flexibility index (Phi) is 5.68. The monoisotopic (exact) mass is 349 g/mol. The third-order valence-electron chi connectivity index (χ3n) is 4.22. The van der Waals surface area contributed by atoms with Crippen molar-refractivity contribution in [3.63, 3.8) is 0 Å². The zero-order chi connectivity index (χ0) is 18.6. The molecule has 25 heavy (non-hydrogen) atoms. The predicted octanol–water partition coefficient (Wildman–Crippen LogP) is 0.784. The number of rotatable bonds is 5. The molecule has 0 unspecified atom stereocenters. The number of benzene rings is 1. The van der Waals surface area contributed by atoms with Crippen molar-refractivity contribution in [2.24, 2.45) is 11.7 Å². The number of piperidine rings is 1. The van der Waals surface area contributed by atoms with E-state index >= 15 is 0 Å². The summed E-state index contributed by atoms with van der Waals surface area (Å²) in [6.45, 7) is 1.86. The number of ether oxygens (including phenoxy) is 1. The summed E-state index contributed by atoms with van der Waals surface area (Å²) in [5.41, 5.74) is 5.49. The van der Waals surface area contributed by atoms with Gasteiger partial charge in [-0.1, -0.05) is 6.07 Å². The first-order valence-electron chi connectivity index (χ1n) is 7.79. The topological polar surface area (TPSA) is 133 Å². The maximum absolute atomic E-state index is 12.1. The van der Waals surface area contributed by atoms with Gasteiger partial charge in [0.05, 0.1) is 10.5 Å². The molecular weight excluding hydrogens is 330 g/mol. The molecular formula is C16H19N3O6. The minimum absolute atomic E-state index is 0.0116. The normalized spacial score (nSPS) is 14.8. The van der Waals surface area contributed by atoms with Gasteiger partial charge < -0.3 is 15.4 Å². The zero-order valence-electron chi connectivity index (χ0n) is 13.8. The Morgan fingerprint density at radius 2 is 1.96 bits per heavy atom. The van der Waals surface area contributed by atoms with Crippen LogP contribution in [-0.4, -0.2) is 47.3 Å². The molecule has 2 rings (SSSR count). The minimum Gasteiger partial charge on any atom is -0.452 e. The molecule has 0 aromatic heterocycles. The Balaban J connectivity index is 1.90. The quantitative estimate of drug-likeness (QED) is 0.474. The molecule has 1 fully saturated rings. The molecule has 2 amide bonds. The van der Waals surface area contributed by atoms with Gasteiger partial charge in [0.15, 0.2) is 6.61 Å². The molecule has 2 N–H and O–H groups in total. The van der Waals surface area contributed by atoms with E-state index in [4.69, 9.17) is 10.5 Å². The van der Waals surface area contributed by atoms with Gasteiger partial charge in [-0.05, 0) is 25.8 Å². The number of carbonyl (C=O) groups is 3.